The minimum absolute atomic E-state index is 0.0882. The van der Waals surface area contributed by atoms with Gasteiger partial charge in [-0.3, -0.25) is 14.9 Å². The van der Waals surface area contributed by atoms with E-state index in [0.717, 1.165) is 6.07 Å². The van der Waals surface area contributed by atoms with Crippen molar-refractivity contribution in [2.45, 2.75) is 6.04 Å². The number of nitro benzene ring substituents is 1. The molecule has 2 N–H and O–H groups in total. The number of esters is 1. The summed E-state index contributed by atoms with van der Waals surface area (Å²) in [6.45, 7) is -0.187. The van der Waals surface area contributed by atoms with E-state index < -0.39 is 16.9 Å². The number of benzene rings is 1. The minimum atomic E-state index is -0.981. The molecule has 8 heteroatoms. The fraction of sp³-hybridized carbons (Fsp3) is 0.300. The van der Waals surface area contributed by atoms with E-state index in [4.69, 9.17) is 22.1 Å². The van der Waals surface area contributed by atoms with Crippen LogP contribution >= 0.6 is 11.6 Å². The number of ether oxygens (including phenoxy) is 2. The Labute approximate surface area is 108 Å². The molecule has 1 rings (SSSR count). The molecule has 0 bridgehead atoms. The van der Waals surface area contributed by atoms with E-state index >= 15 is 0 Å². The second-order valence-corrected chi connectivity index (χ2v) is 3.72. The lowest BCUT2D eigenvalue weighted by Gasteiger charge is -2.11. The number of carbonyl (C=O) groups is 1. The minimum Gasteiger partial charge on any atom is -0.490 e. The molecule has 1 aromatic rings. The molecule has 0 spiro atoms. The molecule has 0 aliphatic carbocycles. The van der Waals surface area contributed by atoms with Crippen molar-refractivity contribution >= 4 is 23.3 Å². The van der Waals surface area contributed by atoms with Crippen LogP contribution in [0.4, 0.5) is 5.69 Å². The number of nitrogens with two attached hydrogens (primary N) is 1. The van der Waals surface area contributed by atoms with E-state index in [1.54, 1.807) is 0 Å². The van der Waals surface area contributed by atoms with Crippen molar-refractivity contribution in [3.63, 3.8) is 0 Å². The van der Waals surface area contributed by atoms with Gasteiger partial charge in [0.25, 0.3) is 5.69 Å². The largest absolute Gasteiger partial charge is 0.490 e. The number of nitro groups is 1. The molecule has 1 aromatic carbocycles. The van der Waals surface area contributed by atoms with E-state index in [1.807, 2.05) is 0 Å². The maximum absolute atomic E-state index is 11.0. The standard InChI is InChI=1S/C10H11ClN2O5/c1-17-10(14)8(12)5-18-9-4-6(13(15)16)2-3-7(9)11/h2-4,8H,5,12H2,1H3. The number of hydrogen-bond donors (Lipinski definition) is 1. The highest BCUT2D eigenvalue weighted by Crippen LogP contribution is 2.28. The van der Waals surface area contributed by atoms with Crippen LogP contribution in [0.15, 0.2) is 18.2 Å². The number of halogens is 1. The summed E-state index contributed by atoms with van der Waals surface area (Å²) in [5, 5.41) is 10.8. The number of rotatable bonds is 5. The third-order valence-corrected chi connectivity index (χ3v) is 2.36. The zero-order valence-electron chi connectivity index (χ0n) is 9.46. The smallest absolute Gasteiger partial charge is 0.326 e. The Morgan fingerprint density at radius 3 is 2.83 bits per heavy atom. The number of nitrogens with zero attached hydrogens (tertiary/aromatic N) is 1. The molecule has 0 saturated heterocycles. The normalized spacial score (nSPS) is 11.7. The van der Waals surface area contributed by atoms with E-state index in [0.29, 0.717) is 0 Å². The number of non-ortho nitro benzene ring substituents is 1. The van der Waals surface area contributed by atoms with Crippen molar-refractivity contribution < 1.29 is 19.2 Å². The van der Waals surface area contributed by atoms with Gasteiger partial charge in [-0.25, -0.2) is 0 Å². The summed E-state index contributed by atoms with van der Waals surface area (Å²) in [6, 6.07) is 2.76. The monoisotopic (exact) mass is 274 g/mol. The molecular formula is C10H11ClN2O5. The van der Waals surface area contributed by atoms with E-state index in [-0.39, 0.29) is 23.1 Å². The topological polar surface area (TPSA) is 105 Å². The summed E-state index contributed by atoms with van der Waals surface area (Å²) in [5.41, 5.74) is 5.28. The third kappa shape index (κ3) is 3.57. The Morgan fingerprint density at radius 1 is 1.61 bits per heavy atom. The molecule has 1 unspecified atom stereocenters. The molecule has 0 aliphatic heterocycles. The van der Waals surface area contributed by atoms with Crippen LogP contribution in [0, 0.1) is 10.1 Å². The van der Waals surface area contributed by atoms with Crippen LogP contribution in [0.25, 0.3) is 0 Å². The molecule has 1 atom stereocenters. The van der Waals surface area contributed by atoms with E-state index in [9.17, 15) is 14.9 Å². The predicted octanol–water partition coefficient (Wildman–Crippen LogP) is 1.13. The Bertz CT molecular complexity index is 466. The number of hydrogen-bond acceptors (Lipinski definition) is 6. The van der Waals surface area contributed by atoms with Crippen LogP contribution in [-0.2, 0) is 9.53 Å². The van der Waals surface area contributed by atoms with Gasteiger partial charge in [0.05, 0.1) is 23.1 Å². The van der Waals surface area contributed by atoms with Gasteiger partial charge < -0.3 is 15.2 Å². The third-order valence-electron chi connectivity index (χ3n) is 2.05. The fourth-order valence-corrected chi connectivity index (χ4v) is 1.29. The predicted molar refractivity (Wildman–Crippen MR) is 63.6 cm³/mol. The van der Waals surface area contributed by atoms with Crippen LogP contribution in [-0.4, -0.2) is 30.7 Å². The van der Waals surface area contributed by atoms with Gasteiger partial charge >= 0.3 is 5.97 Å². The van der Waals surface area contributed by atoms with Crippen LogP contribution in [0.3, 0.4) is 0 Å². The first-order valence-electron chi connectivity index (χ1n) is 4.86. The summed E-state index contributed by atoms with van der Waals surface area (Å²) < 4.78 is 9.56. The maximum Gasteiger partial charge on any atom is 0.326 e. The van der Waals surface area contributed by atoms with Crippen LogP contribution in [0.2, 0.25) is 5.02 Å². The zero-order chi connectivity index (χ0) is 13.7. The Kier molecular flexibility index (Phi) is 4.87. The Balaban J connectivity index is 2.75. The summed E-state index contributed by atoms with van der Waals surface area (Å²) >= 11 is 5.79. The molecular weight excluding hydrogens is 264 g/mol. The quantitative estimate of drug-likeness (QED) is 0.490. The lowest BCUT2D eigenvalue weighted by Crippen LogP contribution is -2.37. The first-order chi connectivity index (χ1) is 8.45. The molecule has 0 radical (unpaired) electrons. The first kappa shape index (κ1) is 14.2. The molecule has 0 aliphatic rings. The highest BCUT2D eigenvalue weighted by Gasteiger charge is 2.16. The van der Waals surface area contributed by atoms with Crippen molar-refractivity contribution in [1.29, 1.82) is 0 Å². The summed E-state index contributed by atoms with van der Waals surface area (Å²) in [4.78, 5) is 21.0. The first-order valence-corrected chi connectivity index (χ1v) is 5.23. The van der Waals surface area contributed by atoms with E-state index in [2.05, 4.69) is 4.74 Å². The number of methoxy groups -OCH3 is 1. The summed E-state index contributed by atoms with van der Waals surface area (Å²) in [7, 11) is 1.20. The van der Waals surface area contributed by atoms with Crippen LogP contribution in [0.5, 0.6) is 5.75 Å². The van der Waals surface area contributed by atoms with Gasteiger partial charge in [-0.1, -0.05) is 11.6 Å². The van der Waals surface area contributed by atoms with Crippen molar-refractivity contribution in [2.24, 2.45) is 5.73 Å². The van der Waals surface area contributed by atoms with Crippen molar-refractivity contribution in [3.8, 4) is 5.75 Å². The molecule has 0 aromatic heterocycles. The lowest BCUT2D eigenvalue weighted by atomic mass is 10.3. The van der Waals surface area contributed by atoms with Gasteiger partial charge in [0.15, 0.2) is 0 Å². The zero-order valence-corrected chi connectivity index (χ0v) is 10.2. The van der Waals surface area contributed by atoms with E-state index in [1.165, 1.54) is 19.2 Å². The fourth-order valence-electron chi connectivity index (χ4n) is 1.12. The highest BCUT2D eigenvalue weighted by atomic mass is 35.5. The molecule has 18 heavy (non-hydrogen) atoms. The van der Waals surface area contributed by atoms with Crippen molar-refractivity contribution in [1.82, 2.24) is 0 Å². The Morgan fingerprint density at radius 2 is 2.28 bits per heavy atom. The van der Waals surface area contributed by atoms with Crippen molar-refractivity contribution in [3.05, 3.63) is 33.3 Å². The molecule has 98 valence electrons. The highest BCUT2D eigenvalue weighted by molar-refractivity contribution is 6.32. The molecule has 0 fully saturated rings. The lowest BCUT2D eigenvalue weighted by molar-refractivity contribution is -0.384. The average molecular weight is 275 g/mol. The van der Waals surface area contributed by atoms with Gasteiger partial charge in [0, 0.05) is 6.07 Å². The Hall–Kier alpha value is -1.86. The SMILES string of the molecule is COC(=O)C(N)COc1cc([N+](=O)[O-])ccc1Cl. The number of carbonyl (C=O) groups excluding carboxylic acids is 1. The molecule has 0 heterocycles. The van der Waals surface area contributed by atoms with Gasteiger partial charge in [0.1, 0.15) is 18.4 Å². The second kappa shape index (κ2) is 6.18. The van der Waals surface area contributed by atoms with Gasteiger partial charge in [-0.05, 0) is 6.07 Å². The van der Waals surface area contributed by atoms with Gasteiger partial charge in [-0.15, -0.1) is 0 Å². The maximum atomic E-state index is 11.0. The molecule has 0 saturated carbocycles. The average Bonchev–Trinajstić information content (AvgIpc) is 2.36. The summed E-state index contributed by atoms with van der Waals surface area (Å²) in [5.74, 6) is -0.554. The molecule has 7 nitrogen and oxygen atoms in total. The second-order valence-electron chi connectivity index (χ2n) is 3.31. The summed E-state index contributed by atoms with van der Waals surface area (Å²) in [6.07, 6.45) is 0. The van der Waals surface area contributed by atoms with Crippen LogP contribution in [0.1, 0.15) is 0 Å². The van der Waals surface area contributed by atoms with Gasteiger partial charge in [-0.2, -0.15) is 0 Å². The van der Waals surface area contributed by atoms with Crippen molar-refractivity contribution in [2.75, 3.05) is 13.7 Å². The van der Waals surface area contributed by atoms with Gasteiger partial charge in [0.2, 0.25) is 0 Å². The molecule has 0 amide bonds. The van der Waals surface area contributed by atoms with Crippen LogP contribution < -0.4 is 10.5 Å².